The van der Waals surface area contributed by atoms with Crippen LogP contribution in [0.1, 0.15) is 32.3 Å². The summed E-state index contributed by atoms with van der Waals surface area (Å²) in [5.41, 5.74) is 5.59. The number of nitrogens with one attached hydrogen (secondary N) is 2. The van der Waals surface area contributed by atoms with Crippen LogP contribution in [0.5, 0.6) is 11.5 Å². The van der Waals surface area contributed by atoms with Crippen LogP contribution in [0.25, 0.3) is 0 Å². The van der Waals surface area contributed by atoms with Crippen molar-refractivity contribution in [1.82, 2.24) is 14.9 Å². The van der Waals surface area contributed by atoms with Crippen LogP contribution in [0.3, 0.4) is 0 Å². The van der Waals surface area contributed by atoms with E-state index in [1.165, 1.54) is 22.5 Å². The van der Waals surface area contributed by atoms with E-state index < -0.39 is 46.1 Å². The van der Waals surface area contributed by atoms with Gasteiger partial charge in [-0.05, 0) is 42.4 Å². The molecule has 47 heavy (non-hydrogen) atoms. The molecule has 3 heterocycles. The zero-order valence-corrected chi connectivity index (χ0v) is 27.4. The van der Waals surface area contributed by atoms with E-state index in [0.29, 0.717) is 30.9 Å². The fraction of sp³-hybridized carbons (Fsp3) is 0.562. The van der Waals surface area contributed by atoms with E-state index in [1.54, 1.807) is 0 Å². The topological polar surface area (TPSA) is 188 Å². The minimum Gasteiger partial charge on any atom is -0.454 e. The molecule has 2 aromatic carbocycles. The van der Waals surface area contributed by atoms with Gasteiger partial charge in [0.2, 0.25) is 22.7 Å². The average molecular weight is 677 g/mol. The van der Waals surface area contributed by atoms with Crippen LogP contribution in [-0.2, 0) is 35.4 Å². The lowest BCUT2D eigenvalue weighted by molar-refractivity contribution is -0.119. The number of nitrogens with zero attached hydrogens (tertiary/aromatic N) is 1. The van der Waals surface area contributed by atoms with Crippen molar-refractivity contribution >= 4 is 22.0 Å². The molecule has 0 aromatic heterocycles. The first kappa shape index (κ1) is 34.9. The molecule has 5 N–H and O–H groups in total. The van der Waals surface area contributed by atoms with Gasteiger partial charge in [0.25, 0.3) is 0 Å². The van der Waals surface area contributed by atoms with Crippen molar-refractivity contribution in [3.05, 3.63) is 54.1 Å². The molecule has 5 atom stereocenters. The number of ether oxygens (including phenoxy) is 5. The van der Waals surface area contributed by atoms with Crippen LogP contribution in [0, 0.1) is 11.3 Å². The number of carbonyl (C=O) groups excluding carboxylic acids is 2. The summed E-state index contributed by atoms with van der Waals surface area (Å²) in [5.74, 6) is 0.341. The Morgan fingerprint density at radius 3 is 2.66 bits per heavy atom. The summed E-state index contributed by atoms with van der Waals surface area (Å²) in [7, 11) is -4.20. The van der Waals surface area contributed by atoms with Gasteiger partial charge in [-0.1, -0.05) is 44.2 Å². The lowest BCUT2D eigenvalue weighted by Crippen LogP contribution is -2.52. The molecule has 0 radical (unpaired) electrons. The molecule has 2 fully saturated rings. The smallest absolute Gasteiger partial charge is 0.407 e. The molecule has 258 valence electrons. The lowest BCUT2D eigenvalue weighted by atomic mass is 9.89. The number of hydrogen-bond acceptors (Lipinski definition) is 11. The highest BCUT2D eigenvalue weighted by Gasteiger charge is 2.44. The van der Waals surface area contributed by atoms with Crippen molar-refractivity contribution in [2.24, 2.45) is 17.1 Å². The number of rotatable bonds is 15. The van der Waals surface area contributed by atoms with Crippen molar-refractivity contribution in [3.8, 4) is 11.5 Å². The van der Waals surface area contributed by atoms with E-state index in [2.05, 4.69) is 10.6 Å². The average Bonchev–Trinajstić information content (AvgIpc) is 3.79. The number of sulfonamides is 1. The van der Waals surface area contributed by atoms with Gasteiger partial charge in [0.15, 0.2) is 17.8 Å². The quantitative estimate of drug-likeness (QED) is 0.213. The number of fused-ring (bicyclic) bond motifs is 2. The number of amides is 2. The number of alkyl carbamates (subject to hydrolysis) is 1. The first-order valence-electron chi connectivity index (χ1n) is 15.7. The number of aliphatic hydroxyl groups excluding tert-OH is 1. The van der Waals surface area contributed by atoms with Crippen LogP contribution in [0.15, 0.2) is 53.4 Å². The molecule has 2 saturated heterocycles. The van der Waals surface area contributed by atoms with Gasteiger partial charge in [-0.3, -0.25) is 4.79 Å². The SMILES string of the molecule is CC(C)(CCNC(=O)CN)CN(CC(O)C(Cc1ccccc1)NC(=O)OC1COC2OCCC12)S(=O)(=O)c1ccc2c(c1)OCO2. The Morgan fingerprint density at radius 1 is 1.13 bits per heavy atom. The zero-order valence-electron chi connectivity index (χ0n) is 26.6. The second-order valence-corrected chi connectivity index (χ2v) is 14.7. The third-order valence-electron chi connectivity index (χ3n) is 8.60. The Kier molecular flexibility index (Phi) is 11.3. The summed E-state index contributed by atoms with van der Waals surface area (Å²) in [6.07, 6.45) is -1.65. The molecule has 0 saturated carbocycles. The Morgan fingerprint density at radius 2 is 1.89 bits per heavy atom. The Labute approximate surface area is 274 Å². The molecular formula is C32H44N4O10S. The molecule has 14 nitrogen and oxygen atoms in total. The second kappa shape index (κ2) is 15.2. The van der Waals surface area contributed by atoms with Gasteiger partial charge in [0.05, 0.1) is 42.7 Å². The highest BCUT2D eigenvalue weighted by atomic mass is 32.2. The molecule has 0 spiro atoms. The molecule has 5 rings (SSSR count). The minimum atomic E-state index is -4.20. The van der Waals surface area contributed by atoms with Gasteiger partial charge in [0.1, 0.15) is 6.10 Å². The van der Waals surface area contributed by atoms with Crippen molar-refractivity contribution in [2.75, 3.05) is 46.2 Å². The molecule has 3 aliphatic rings. The first-order valence-corrected chi connectivity index (χ1v) is 17.2. The number of benzene rings is 2. The monoisotopic (exact) mass is 676 g/mol. The van der Waals surface area contributed by atoms with Crippen LogP contribution in [-0.4, -0.2) is 101 Å². The normalized spacial score (nSPS) is 21.7. The van der Waals surface area contributed by atoms with Crippen LogP contribution in [0.4, 0.5) is 4.79 Å². The molecule has 15 heteroatoms. The molecule has 0 aliphatic carbocycles. The number of hydrogen-bond donors (Lipinski definition) is 4. The van der Waals surface area contributed by atoms with Gasteiger partial charge in [-0.15, -0.1) is 0 Å². The van der Waals surface area contributed by atoms with Crippen molar-refractivity contribution in [2.45, 2.75) is 62.5 Å². The second-order valence-electron chi connectivity index (χ2n) is 12.8. The van der Waals surface area contributed by atoms with Gasteiger partial charge in [0, 0.05) is 25.7 Å². The molecule has 2 aromatic rings. The van der Waals surface area contributed by atoms with Crippen molar-refractivity contribution in [1.29, 1.82) is 0 Å². The summed E-state index contributed by atoms with van der Waals surface area (Å²) in [6.45, 7) is 4.22. The number of nitrogens with two attached hydrogens (primary N) is 1. The van der Waals surface area contributed by atoms with E-state index in [-0.39, 0.29) is 62.7 Å². The lowest BCUT2D eigenvalue weighted by Gasteiger charge is -2.35. The number of carbonyl (C=O) groups is 2. The van der Waals surface area contributed by atoms with Crippen LogP contribution >= 0.6 is 0 Å². The highest BCUT2D eigenvalue weighted by Crippen LogP contribution is 2.36. The fourth-order valence-electron chi connectivity index (χ4n) is 5.96. The maximum atomic E-state index is 14.2. The maximum Gasteiger partial charge on any atom is 0.407 e. The predicted octanol–water partition coefficient (Wildman–Crippen LogP) is 1.36. The molecule has 3 aliphatic heterocycles. The van der Waals surface area contributed by atoms with E-state index >= 15 is 0 Å². The van der Waals surface area contributed by atoms with Crippen LogP contribution in [0.2, 0.25) is 0 Å². The van der Waals surface area contributed by atoms with Crippen molar-refractivity contribution in [3.63, 3.8) is 0 Å². The van der Waals surface area contributed by atoms with E-state index in [1.807, 2.05) is 44.2 Å². The van der Waals surface area contributed by atoms with Crippen molar-refractivity contribution < 1.29 is 46.8 Å². The molecule has 0 bridgehead atoms. The Bertz CT molecular complexity index is 1490. The number of aliphatic hydroxyl groups is 1. The zero-order chi connectivity index (χ0) is 33.6. The van der Waals surface area contributed by atoms with Gasteiger partial charge >= 0.3 is 6.09 Å². The highest BCUT2D eigenvalue weighted by molar-refractivity contribution is 7.89. The van der Waals surface area contributed by atoms with Gasteiger partial charge in [-0.25, -0.2) is 13.2 Å². The van der Waals surface area contributed by atoms with Crippen LogP contribution < -0.4 is 25.8 Å². The summed E-state index contributed by atoms with van der Waals surface area (Å²) in [5, 5.41) is 17.2. The largest absolute Gasteiger partial charge is 0.454 e. The Balaban J connectivity index is 1.37. The third-order valence-corrected chi connectivity index (χ3v) is 10.4. The fourth-order valence-corrected chi connectivity index (χ4v) is 7.62. The van der Waals surface area contributed by atoms with E-state index in [9.17, 15) is 23.1 Å². The predicted molar refractivity (Wildman–Crippen MR) is 169 cm³/mol. The van der Waals surface area contributed by atoms with Gasteiger partial charge in [-0.2, -0.15) is 4.31 Å². The summed E-state index contributed by atoms with van der Waals surface area (Å²) < 4.78 is 57.2. The summed E-state index contributed by atoms with van der Waals surface area (Å²) >= 11 is 0. The Hall–Kier alpha value is -3.47. The molecule has 5 unspecified atom stereocenters. The van der Waals surface area contributed by atoms with E-state index in [0.717, 1.165) is 5.56 Å². The molecule has 2 amide bonds. The molecular weight excluding hydrogens is 632 g/mol. The summed E-state index contributed by atoms with van der Waals surface area (Å²) in [4.78, 5) is 24.9. The summed E-state index contributed by atoms with van der Waals surface area (Å²) in [6, 6.07) is 12.7. The minimum absolute atomic E-state index is 0.00961. The first-order chi connectivity index (χ1) is 22.4. The van der Waals surface area contributed by atoms with Gasteiger partial charge < -0.3 is 45.2 Å². The van der Waals surface area contributed by atoms with E-state index in [4.69, 9.17) is 29.4 Å². The maximum absolute atomic E-state index is 14.2. The third kappa shape index (κ3) is 8.91. The standard InChI is InChI=1S/C32H44N4O10S/c1-32(2,11-12-34-29(38)16-33)19-36(47(40,41)22-8-9-26-27(15-22)45-20-44-26)17-25(37)24(14-21-6-4-3-5-7-21)35-31(39)46-28-18-43-30-23(28)10-13-42-30/h3-9,15,23-25,28,30,37H,10-14,16-20,33H2,1-2H3,(H,34,38)(H,35,39).